The molecule has 0 aliphatic carbocycles. The first-order valence-electron chi connectivity index (χ1n) is 44.7. The first kappa shape index (κ1) is 72.2. The summed E-state index contributed by atoms with van der Waals surface area (Å²) in [6, 6.07) is 147. The maximum Gasteiger partial charge on any atom is 0.235 e. The van der Waals surface area contributed by atoms with Crippen LogP contribution in [0.4, 0.5) is 0 Å². The molecule has 0 radical (unpaired) electrons. The quantitative estimate of drug-likeness (QED) is 0.124. The van der Waals surface area contributed by atoms with E-state index in [-0.39, 0.29) is 0 Å². The molecule has 0 amide bonds. The number of para-hydroxylation sites is 7. The van der Waals surface area contributed by atoms with Gasteiger partial charge in [0.2, 0.25) is 17.8 Å². The Labute approximate surface area is 751 Å². The fourth-order valence-corrected chi connectivity index (χ4v) is 21.7. The SMILES string of the molecule is c1ccc(-c2nc(-n3c4ccccc4c4c5c6ccccc6oc5c5ccccc5c43)nc3ccc(-c4ccc(-n5c6ccccc6c6cc(-c7ccc8c(c7)c7ccccc7n8-c7nc(-c8ccc(-c9ccc%10c(c9)c9c%11ccccc%11n(-c%11nc(-c%12ccccc%12)c%12ccc%13ccccc%13c%12n%11)c9c9oc%11ccccc%11c%109)cc8)c8ccccc8n7)ccc65)cc4)cc23)cc1. The maximum atomic E-state index is 7.13. The molecule has 12 nitrogen and oxygen atoms in total. The summed E-state index contributed by atoms with van der Waals surface area (Å²) in [4.78, 5) is 33.4. The lowest BCUT2D eigenvalue weighted by Gasteiger charge is -2.14. The second kappa shape index (κ2) is 27.8. The molecule has 0 spiro atoms. The van der Waals surface area contributed by atoms with Crippen LogP contribution in [0, 0.1) is 0 Å². The van der Waals surface area contributed by atoms with Crippen LogP contribution in [0.2, 0.25) is 0 Å². The van der Waals surface area contributed by atoms with E-state index in [1.54, 1.807) is 0 Å². The molecule has 0 N–H and O–H groups in total. The second-order valence-corrected chi connectivity index (χ2v) is 34.6. The Kier molecular flexibility index (Phi) is 15.2. The minimum atomic E-state index is 0.569. The number of hydrogen-bond acceptors (Lipinski definition) is 8. The Morgan fingerprint density at radius 1 is 0.182 bits per heavy atom. The van der Waals surface area contributed by atoms with Crippen molar-refractivity contribution in [2.75, 3.05) is 0 Å². The molecule has 9 heterocycles. The summed E-state index contributed by atoms with van der Waals surface area (Å²) in [7, 11) is 0. The highest BCUT2D eigenvalue weighted by molar-refractivity contribution is 6.37. The van der Waals surface area contributed by atoms with Crippen molar-refractivity contribution in [3.63, 3.8) is 0 Å². The van der Waals surface area contributed by atoms with Gasteiger partial charge < -0.3 is 13.4 Å². The maximum absolute atomic E-state index is 7.13. The van der Waals surface area contributed by atoms with Gasteiger partial charge in [-0.05, 0) is 153 Å². The van der Waals surface area contributed by atoms with E-state index in [2.05, 4.69) is 419 Å². The Hall–Kier alpha value is -18.0. The van der Waals surface area contributed by atoms with Crippen molar-refractivity contribution >= 4 is 196 Å². The van der Waals surface area contributed by atoms with Gasteiger partial charge in [0.25, 0.3) is 0 Å². The summed E-state index contributed by atoms with van der Waals surface area (Å²) < 4.78 is 23.0. The Morgan fingerprint density at radius 3 is 1.24 bits per heavy atom. The summed E-state index contributed by atoms with van der Waals surface area (Å²) in [6.07, 6.45) is 0. The van der Waals surface area contributed by atoms with Gasteiger partial charge in [-0.1, -0.05) is 309 Å². The zero-order valence-electron chi connectivity index (χ0n) is 70.5. The molecule has 20 aromatic carbocycles. The first-order valence-corrected chi connectivity index (χ1v) is 44.7. The zero-order valence-corrected chi connectivity index (χ0v) is 70.5. The van der Waals surface area contributed by atoms with E-state index in [0.717, 1.165) is 258 Å². The van der Waals surface area contributed by atoms with E-state index in [1.165, 1.54) is 10.8 Å². The average Bonchev–Trinajstić information content (AvgIpc) is 1.53. The lowest BCUT2D eigenvalue weighted by atomic mass is 9.94. The van der Waals surface area contributed by atoms with Crippen LogP contribution in [0.15, 0.2) is 421 Å². The molecular formula is C120H68N10O2. The minimum absolute atomic E-state index is 0.569. The highest BCUT2D eigenvalue weighted by Gasteiger charge is 2.30. The van der Waals surface area contributed by atoms with Gasteiger partial charge in [0.15, 0.2) is 5.58 Å². The van der Waals surface area contributed by atoms with Gasteiger partial charge in [-0.2, -0.15) is 0 Å². The highest BCUT2D eigenvalue weighted by Crippen LogP contribution is 2.51. The second-order valence-electron chi connectivity index (χ2n) is 34.6. The molecule has 0 bridgehead atoms. The fraction of sp³-hybridized carbons (Fsp3) is 0. The lowest BCUT2D eigenvalue weighted by Crippen LogP contribution is -2.04. The smallest absolute Gasteiger partial charge is 0.235 e. The molecule has 132 heavy (non-hydrogen) atoms. The van der Waals surface area contributed by atoms with Crippen LogP contribution in [-0.2, 0) is 0 Å². The van der Waals surface area contributed by atoms with Crippen LogP contribution >= 0.6 is 0 Å². The minimum Gasteiger partial charge on any atom is -0.455 e. The number of aromatic nitrogens is 10. The third kappa shape index (κ3) is 10.5. The van der Waals surface area contributed by atoms with Crippen LogP contribution in [-0.4, -0.2) is 48.2 Å². The van der Waals surface area contributed by atoms with Crippen molar-refractivity contribution in [3.05, 3.63) is 413 Å². The zero-order chi connectivity index (χ0) is 86.1. The topological polar surface area (TPSA) is 123 Å². The third-order valence-electron chi connectivity index (χ3n) is 27.6. The molecule has 0 unspecified atom stereocenters. The standard InChI is InChI=1S/C120H68N10O2/c1-3-26-72(27-4-1)111-91-61-53-71-25-7-8-30-80(71)113(91)126-120(124-111)130-100-43-21-14-36-87(100)106-94-67-75(54-60-83(94)107-89-38-16-23-45-104(89)132-117(107)115(106)130)69-47-49-74(50-48-69)110-86-35-11-18-40-96(86)121-118(123-110)128-99-42-20-13-32-82(99)93-66-78(57-64-103(93)128)77-56-63-102-92(65-77)81-31-12-19-41-98(81)127(102)79-58-51-70(52-59-79)76-55-62-97-95(68-76)112(73-28-5-2-6-29-73)125-119(122-97)129-101-44-22-15-37-88(101)108-109-90-39-17-24-46-105(90)131-116(109)85-34-10-9-33-84(85)114(108)129/h1-68H. The Morgan fingerprint density at radius 2 is 0.583 bits per heavy atom. The molecule has 0 aliphatic rings. The molecule has 0 aliphatic heterocycles. The molecule has 610 valence electrons. The number of rotatable bonds is 10. The normalized spacial score (nSPS) is 12.2. The number of furan rings is 2. The van der Waals surface area contributed by atoms with Crippen molar-refractivity contribution in [1.82, 2.24) is 48.2 Å². The predicted octanol–water partition coefficient (Wildman–Crippen LogP) is 31.2. The van der Waals surface area contributed by atoms with Crippen molar-refractivity contribution in [1.29, 1.82) is 0 Å². The van der Waals surface area contributed by atoms with E-state index in [9.17, 15) is 0 Å². The van der Waals surface area contributed by atoms with Gasteiger partial charge in [0.05, 0.1) is 72.2 Å². The largest absolute Gasteiger partial charge is 0.455 e. The van der Waals surface area contributed by atoms with Crippen molar-refractivity contribution in [3.8, 4) is 90.7 Å². The van der Waals surface area contributed by atoms with Crippen LogP contribution in [0.25, 0.3) is 287 Å². The van der Waals surface area contributed by atoms with Gasteiger partial charge in [-0.25, -0.2) is 29.9 Å². The van der Waals surface area contributed by atoms with Gasteiger partial charge in [-0.3, -0.25) is 13.7 Å². The van der Waals surface area contributed by atoms with E-state index in [1.807, 2.05) is 12.1 Å². The average molecular weight is 1680 g/mol. The molecule has 0 saturated carbocycles. The van der Waals surface area contributed by atoms with E-state index in [0.29, 0.717) is 17.8 Å². The van der Waals surface area contributed by atoms with E-state index in [4.69, 9.17) is 38.7 Å². The number of hydrogen-bond donors (Lipinski definition) is 0. The molecule has 12 heteroatoms. The van der Waals surface area contributed by atoms with Crippen LogP contribution in [0.1, 0.15) is 0 Å². The molecule has 0 saturated heterocycles. The number of fused-ring (bicyclic) bond motifs is 31. The predicted molar refractivity (Wildman–Crippen MR) is 543 cm³/mol. The van der Waals surface area contributed by atoms with Crippen LogP contribution in [0.3, 0.4) is 0 Å². The fourth-order valence-electron chi connectivity index (χ4n) is 21.7. The van der Waals surface area contributed by atoms with Gasteiger partial charge >= 0.3 is 0 Å². The van der Waals surface area contributed by atoms with Gasteiger partial charge in [-0.15, -0.1) is 0 Å². The van der Waals surface area contributed by atoms with Gasteiger partial charge in [0.1, 0.15) is 22.3 Å². The first-order chi connectivity index (χ1) is 65.5. The molecule has 29 aromatic rings. The Balaban J connectivity index is 0.509. The molecule has 9 aromatic heterocycles. The summed E-state index contributed by atoms with van der Waals surface area (Å²) in [5.74, 6) is 1.77. The lowest BCUT2D eigenvalue weighted by molar-refractivity contribution is 0.671. The van der Waals surface area contributed by atoms with Gasteiger partial charge in [0, 0.05) is 119 Å². The number of nitrogens with zero attached hydrogens (tertiary/aromatic N) is 10. The molecule has 0 fully saturated rings. The molecule has 0 atom stereocenters. The van der Waals surface area contributed by atoms with E-state index >= 15 is 0 Å². The van der Waals surface area contributed by atoms with Crippen LogP contribution in [0.5, 0.6) is 0 Å². The summed E-state index contributed by atoms with van der Waals surface area (Å²) >= 11 is 0. The molecular weight excluding hydrogens is 1610 g/mol. The van der Waals surface area contributed by atoms with E-state index < -0.39 is 0 Å². The summed E-state index contributed by atoms with van der Waals surface area (Å²) in [5, 5.41) is 22.6. The van der Waals surface area contributed by atoms with Crippen molar-refractivity contribution in [2.45, 2.75) is 0 Å². The van der Waals surface area contributed by atoms with Crippen molar-refractivity contribution in [2.24, 2.45) is 0 Å². The Bertz CT molecular complexity index is 10100. The monoisotopic (exact) mass is 1680 g/mol. The summed E-state index contributed by atoms with van der Waals surface area (Å²) in [6.45, 7) is 0. The third-order valence-corrected chi connectivity index (χ3v) is 27.6. The van der Waals surface area contributed by atoms with Crippen molar-refractivity contribution < 1.29 is 8.83 Å². The van der Waals surface area contributed by atoms with Crippen LogP contribution < -0.4 is 0 Å². The number of benzene rings is 20. The summed E-state index contributed by atoms with van der Waals surface area (Å²) in [5.41, 5.74) is 27.4. The molecule has 29 rings (SSSR count). The highest BCUT2D eigenvalue weighted by atomic mass is 16.3.